The van der Waals surface area contributed by atoms with Crippen molar-refractivity contribution in [2.75, 3.05) is 33.4 Å². The molecule has 2 heterocycles. The molecule has 1 unspecified atom stereocenters. The summed E-state index contributed by atoms with van der Waals surface area (Å²) in [7, 11) is 1.67. The van der Waals surface area contributed by atoms with Gasteiger partial charge in [-0.1, -0.05) is 6.07 Å². The Kier molecular flexibility index (Phi) is 6.55. The van der Waals surface area contributed by atoms with E-state index >= 15 is 0 Å². The molecule has 0 aliphatic carbocycles. The van der Waals surface area contributed by atoms with Crippen LogP contribution in [0.25, 0.3) is 10.9 Å². The second-order valence-corrected chi connectivity index (χ2v) is 8.26. The molecule has 5 nitrogen and oxygen atoms in total. The average molecular weight is 430 g/mol. The van der Waals surface area contributed by atoms with Crippen molar-refractivity contribution in [3.63, 3.8) is 0 Å². The minimum Gasteiger partial charge on any atom is -0.497 e. The Morgan fingerprint density at radius 1 is 1.10 bits per heavy atom. The van der Waals surface area contributed by atoms with Gasteiger partial charge >= 0.3 is 0 Å². The van der Waals surface area contributed by atoms with Gasteiger partial charge in [0.15, 0.2) is 11.6 Å². The van der Waals surface area contributed by atoms with Gasteiger partial charge < -0.3 is 14.8 Å². The Morgan fingerprint density at radius 2 is 1.94 bits per heavy atom. The summed E-state index contributed by atoms with van der Waals surface area (Å²) in [4.78, 5) is 8.17. The second kappa shape index (κ2) is 9.34. The summed E-state index contributed by atoms with van der Waals surface area (Å²) in [5, 5.41) is 10.7. The molecule has 2 aromatic carbocycles. The molecule has 166 valence electrons. The van der Waals surface area contributed by atoms with Crippen LogP contribution in [-0.4, -0.2) is 59.3 Å². The molecule has 0 bridgehead atoms. The Labute approximate surface area is 181 Å². The van der Waals surface area contributed by atoms with Gasteiger partial charge in [0.2, 0.25) is 0 Å². The Morgan fingerprint density at radius 3 is 2.68 bits per heavy atom. The number of methoxy groups -OCH3 is 1. The second-order valence-electron chi connectivity index (χ2n) is 8.26. The largest absolute Gasteiger partial charge is 0.497 e. The maximum absolute atomic E-state index is 13.6. The number of nitrogens with one attached hydrogen (secondary N) is 1. The van der Waals surface area contributed by atoms with E-state index in [4.69, 9.17) is 4.74 Å². The van der Waals surface area contributed by atoms with Crippen LogP contribution >= 0.6 is 0 Å². The first kappa shape index (κ1) is 21.7. The average Bonchev–Trinajstić information content (AvgIpc) is 3.07. The zero-order valence-corrected chi connectivity index (χ0v) is 18.0. The minimum absolute atomic E-state index is 0.0952. The van der Waals surface area contributed by atoms with Crippen molar-refractivity contribution in [1.82, 2.24) is 14.8 Å². The molecule has 1 atom stereocenters. The normalized spacial score (nSPS) is 18.0. The van der Waals surface area contributed by atoms with E-state index in [1.54, 1.807) is 13.2 Å². The molecule has 1 aromatic heterocycles. The van der Waals surface area contributed by atoms with Crippen molar-refractivity contribution in [3.8, 4) is 5.75 Å². The van der Waals surface area contributed by atoms with E-state index in [9.17, 15) is 13.9 Å². The number of aromatic nitrogens is 1. The third-order valence-corrected chi connectivity index (χ3v) is 6.27. The van der Waals surface area contributed by atoms with Crippen LogP contribution in [-0.2, 0) is 13.1 Å². The number of piperazine rings is 1. The summed E-state index contributed by atoms with van der Waals surface area (Å²) in [6.45, 7) is 6.03. The molecular formula is C24H29F2N3O2. The molecule has 1 saturated heterocycles. The van der Waals surface area contributed by atoms with Crippen LogP contribution < -0.4 is 4.74 Å². The van der Waals surface area contributed by atoms with E-state index < -0.39 is 11.6 Å². The molecule has 0 spiro atoms. The predicted molar refractivity (Wildman–Crippen MR) is 117 cm³/mol. The lowest BCUT2D eigenvalue weighted by Crippen LogP contribution is -2.52. The quantitative estimate of drug-likeness (QED) is 0.599. The fourth-order valence-electron chi connectivity index (χ4n) is 4.47. The highest BCUT2D eigenvalue weighted by Gasteiger charge is 2.27. The van der Waals surface area contributed by atoms with Crippen molar-refractivity contribution in [2.45, 2.75) is 32.5 Å². The number of aliphatic hydroxyl groups excluding tert-OH is 1. The van der Waals surface area contributed by atoms with E-state index in [0.29, 0.717) is 13.0 Å². The van der Waals surface area contributed by atoms with Crippen molar-refractivity contribution in [2.24, 2.45) is 0 Å². The lowest BCUT2D eigenvalue weighted by atomic mass is 10.1. The third-order valence-electron chi connectivity index (χ3n) is 6.27. The van der Waals surface area contributed by atoms with E-state index in [1.165, 1.54) is 28.8 Å². The first-order valence-electron chi connectivity index (χ1n) is 10.6. The zero-order valence-electron chi connectivity index (χ0n) is 18.0. The first-order chi connectivity index (χ1) is 15.0. The summed E-state index contributed by atoms with van der Waals surface area (Å²) in [5.74, 6) is -0.803. The summed E-state index contributed by atoms with van der Waals surface area (Å²) in [6.07, 6.45) is 0.642. The number of hydrogen-bond donors (Lipinski definition) is 2. The molecule has 1 aliphatic heterocycles. The molecular weight excluding hydrogens is 400 g/mol. The maximum atomic E-state index is 13.6. The highest BCUT2D eigenvalue weighted by atomic mass is 19.2. The summed E-state index contributed by atoms with van der Waals surface area (Å²) in [6, 6.07) is 10.3. The van der Waals surface area contributed by atoms with Crippen molar-refractivity contribution < 1.29 is 18.6 Å². The lowest BCUT2D eigenvalue weighted by Gasteiger charge is -2.41. The van der Waals surface area contributed by atoms with E-state index in [-0.39, 0.29) is 12.6 Å². The monoisotopic (exact) mass is 429 g/mol. The standard InChI is InChI=1S/C24H29F2N3O2/c1-16-20-12-19(31-2)4-6-23(20)27-24(16)15-28-8-9-29(18(14-28)7-10-30)13-17-3-5-21(25)22(26)11-17/h3-6,11-12,18,27,30H,7-10,13-15H2,1-2H3. The van der Waals surface area contributed by atoms with Gasteiger partial charge in [0.25, 0.3) is 0 Å². The van der Waals surface area contributed by atoms with E-state index in [1.807, 2.05) is 12.1 Å². The van der Waals surface area contributed by atoms with Crippen molar-refractivity contribution >= 4 is 10.9 Å². The molecule has 0 amide bonds. The summed E-state index contributed by atoms with van der Waals surface area (Å²) < 4.78 is 32.2. The molecule has 4 rings (SSSR count). The fourth-order valence-corrected chi connectivity index (χ4v) is 4.47. The van der Waals surface area contributed by atoms with Gasteiger partial charge in [0.1, 0.15) is 5.75 Å². The Bertz CT molecular complexity index is 1050. The first-order valence-corrected chi connectivity index (χ1v) is 10.6. The zero-order chi connectivity index (χ0) is 22.0. The SMILES string of the molecule is COc1ccc2[nH]c(CN3CCN(Cc4ccc(F)c(F)c4)C(CCO)C3)c(C)c2c1. The van der Waals surface area contributed by atoms with Crippen LogP contribution in [0.2, 0.25) is 0 Å². The van der Waals surface area contributed by atoms with Gasteiger partial charge in [-0.2, -0.15) is 0 Å². The molecule has 0 saturated carbocycles. The van der Waals surface area contributed by atoms with Crippen LogP contribution in [0, 0.1) is 18.6 Å². The molecule has 1 fully saturated rings. The number of rotatable bonds is 7. The molecule has 2 N–H and O–H groups in total. The maximum Gasteiger partial charge on any atom is 0.159 e. The van der Waals surface area contributed by atoms with Gasteiger partial charge in [0, 0.05) is 62.0 Å². The highest BCUT2D eigenvalue weighted by Crippen LogP contribution is 2.27. The highest BCUT2D eigenvalue weighted by molar-refractivity contribution is 5.85. The fraction of sp³-hybridized carbons (Fsp3) is 0.417. The third kappa shape index (κ3) is 4.74. The van der Waals surface area contributed by atoms with Crippen molar-refractivity contribution in [3.05, 3.63) is 64.9 Å². The van der Waals surface area contributed by atoms with Gasteiger partial charge in [-0.25, -0.2) is 8.78 Å². The smallest absolute Gasteiger partial charge is 0.159 e. The number of halogens is 2. The van der Waals surface area contributed by atoms with Gasteiger partial charge in [-0.15, -0.1) is 0 Å². The number of aliphatic hydroxyl groups is 1. The Hall–Kier alpha value is -2.48. The Balaban J connectivity index is 1.46. The number of aromatic amines is 1. The molecule has 3 aromatic rings. The van der Waals surface area contributed by atoms with Crippen LogP contribution in [0.3, 0.4) is 0 Å². The number of aryl methyl sites for hydroxylation is 1. The number of ether oxygens (including phenoxy) is 1. The van der Waals surface area contributed by atoms with Crippen molar-refractivity contribution in [1.29, 1.82) is 0 Å². The number of benzene rings is 2. The van der Waals surface area contributed by atoms with Gasteiger partial charge in [0.05, 0.1) is 7.11 Å². The predicted octanol–water partition coefficient (Wildman–Crippen LogP) is 3.83. The minimum atomic E-state index is -0.827. The number of fused-ring (bicyclic) bond motifs is 1. The number of H-pyrrole nitrogens is 1. The van der Waals surface area contributed by atoms with Gasteiger partial charge in [-0.05, 0) is 54.8 Å². The van der Waals surface area contributed by atoms with Crippen LogP contribution in [0.1, 0.15) is 23.2 Å². The van der Waals surface area contributed by atoms with Gasteiger partial charge in [-0.3, -0.25) is 9.80 Å². The number of nitrogens with zero attached hydrogens (tertiary/aromatic N) is 2. The lowest BCUT2D eigenvalue weighted by molar-refractivity contribution is 0.0493. The van der Waals surface area contributed by atoms with Crippen LogP contribution in [0.4, 0.5) is 8.78 Å². The molecule has 1 aliphatic rings. The summed E-state index contributed by atoms with van der Waals surface area (Å²) in [5.41, 5.74) is 4.24. The van der Waals surface area contributed by atoms with Crippen LogP contribution in [0.5, 0.6) is 5.75 Å². The molecule has 0 radical (unpaired) electrons. The van der Waals surface area contributed by atoms with E-state index in [2.05, 4.69) is 27.8 Å². The molecule has 31 heavy (non-hydrogen) atoms. The topological polar surface area (TPSA) is 51.7 Å². The van der Waals surface area contributed by atoms with E-state index in [0.717, 1.165) is 43.0 Å². The summed E-state index contributed by atoms with van der Waals surface area (Å²) >= 11 is 0. The molecule has 7 heteroatoms. The van der Waals surface area contributed by atoms with Crippen LogP contribution in [0.15, 0.2) is 36.4 Å². The number of hydrogen-bond acceptors (Lipinski definition) is 4.